The van der Waals surface area contributed by atoms with Crippen LogP contribution in [-0.4, -0.2) is 32.4 Å². The summed E-state index contributed by atoms with van der Waals surface area (Å²) in [7, 11) is -3.30. The van der Waals surface area contributed by atoms with E-state index >= 15 is 0 Å². The van der Waals surface area contributed by atoms with E-state index in [2.05, 4.69) is 12.2 Å². The second-order valence-corrected chi connectivity index (χ2v) is 7.73. The Morgan fingerprint density at radius 3 is 2.53 bits per heavy atom. The van der Waals surface area contributed by atoms with Crippen molar-refractivity contribution < 1.29 is 8.42 Å². The minimum atomic E-state index is -3.30. The maximum Gasteiger partial charge on any atom is 0.252 e. The van der Waals surface area contributed by atoms with Crippen LogP contribution in [0, 0.1) is 0 Å². The second-order valence-electron chi connectivity index (χ2n) is 4.39. The van der Waals surface area contributed by atoms with Crippen molar-refractivity contribution >= 4 is 21.4 Å². The molecule has 1 aromatic rings. The first-order valence-electron chi connectivity index (χ1n) is 6.85. The molecular weight excluding hydrogens is 280 g/mol. The number of sulfonamides is 1. The molecule has 19 heavy (non-hydrogen) atoms. The number of nitrogens with zero attached hydrogens (tertiary/aromatic N) is 1. The van der Waals surface area contributed by atoms with E-state index in [1.54, 1.807) is 10.4 Å². The van der Waals surface area contributed by atoms with Crippen molar-refractivity contribution in [3.63, 3.8) is 0 Å². The van der Waals surface area contributed by atoms with Crippen LogP contribution < -0.4 is 5.32 Å². The molecule has 0 bridgehead atoms. The fourth-order valence-electron chi connectivity index (χ4n) is 1.81. The van der Waals surface area contributed by atoms with Crippen molar-refractivity contribution in [3.8, 4) is 0 Å². The first-order valence-corrected chi connectivity index (χ1v) is 9.11. The van der Waals surface area contributed by atoms with Crippen LogP contribution in [-0.2, 0) is 16.6 Å². The summed E-state index contributed by atoms with van der Waals surface area (Å²) >= 11 is 1.37. The summed E-state index contributed by atoms with van der Waals surface area (Å²) in [5, 5.41) is 3.29. The maximum absolute atomic E-state index is 12.4. The molecular formula is C13H24N2O2S2. The third kappa shape index (κ3) is 4.56. The van der Waals surface area contributed by atoms with Crippen LogP contribution in [0.25, 0.3) is 0 Å². The van der Waals surface area contributed by atoms with Crippen LogP contribution in [0.15, 0.2) is 16.3 Å². The van der Waals surface area contributed by atoms with Crippen molar-refractivity contribution in [2.24, 2.45) is 0 Å². The lowest BCUT2D eigenvalue weighted by molar-refractivity contribution is 0.428. The predicted octanol–water partition coefficient (Wildman–Crippen LogP) is 2.67. The largest absolute Gasteiger partial charge is 0.312 e. The lowest BCUT2D eigenvalue weighted by atomic mass is 10.4. The van der Waals surface area contributed by atoms with Gasteiger partial charge in [0.1, 0.15) is 4.21 Å². The van der Waals surface area contributed by atoms with Crippen molar-refractivity contribution in [1.82, 2.24) is 9.62 Å². The summed E-state index contributed by atoms with van der Waals surface area (Å²) in [6.07, 6.45) is 1.92. The lowest BCUT2D eigenvalue weighted by Crippen LogP contribution is -2.31. The Kier molecular flexibility index (Phi) is 6.99. The van der Waals surface area contributed by atoms with Gasteiger partial charge in [-0.25, -0.2) is 8.42 Å². The number of hydrogen-bond donors (Lipinski definition) is 1. The summed E-state index contributed by atoms with van der Waals surface area (Å²) in [5.41, 5.74) is 0. The van der Waals surface area contributed by atoms with Gasteiger partial charge in [-0.1, -0.05) is 20.8 Å². The van der Waals surface area contributed by atoms with E-state index in [0.717, 1.165) is 30.8 Å². The zero-order chi connectivity index (χ0) is 14.3. The summed E-state index contributed by atoms with van der Waals surface area (Å²) < 4.78 is 26.8. The van der Waals surface area contributed by atoms with Gasteiger partial charge in [0.25, 0.3) is 10.0 Å². The molecule has 1 aromatic heterocycles. The molecule has 0 aliphatic rings. The summed E-state index contributed by atoms with van der Waals surface area (Å²) in [5.74, 6) is 0. The van der Waals surface area contributed by atoms with Gasteiger partial charge in [0.2, 0.25) is 0 Å². The molecule has 0 saturated heterocycles. The molecule has 0 spiro atoms. The third-order valence-electron chi connectivity index (χ3n) is 2.78. The zero-order valence-electron chi connectivity index (χ0n) is 12.0. The van der Waals surface area contributed by atoms with Crippen LogP contribution in [0.5, 0.6) is 0 Å². The van der Waals surface area contributed by atoms with Gasteiger partial charge < -0.3 is 5.32 Å². The first kappa shape index (κ1) is 16.6. The van der Waals surface area contributed by atoms with E-state index in [1.165, 1.54) is 11.3 Å². The van der Waals surface area contributed by atoms with Gasteiger partial charge in [-0.3, -0.25) is 0 Å². The Balaban J connectivity index is 2.78. The van der Waals surface area contributed by atoms with Crippen LogP contribution in [0.1, 0.15) is 38.5 Å². The highest BCUT2D eigenvalue weighted by atomic mass is 32.2. The van der Waals surface area contributed by atoms with E-state index in [-0.39, 0.29) is 0 Å². The summed E-state index contributed by atoms with van der Waals surface area (Å²) in [4.78, 5) is 1.07. The van der Waals surface area contributed by atoms with Crippen LogP contribution in [0.3, 0.4) is 0 Å². The Hall–Kier alpha value is -0.430. The molecule has 0 amide bonds. The Morgan fingerprint density at radius 1 is 1.21 bits per heavy atom. The van der Waals surface area contributed by atoms with Crippen LogP contribution in [0.2, 0.25) is 0 Å². The highest BCUT2D eigenvalue weighted by Crippen LogP contribution is 2.25. The zero-order valence-corrected chi connectivity index (χ0v) is 13.6. The molecule has 0 aromatic carbocycles. The van der Waals surface area contributed by atoms with Gasteiger partial charge in [0, 0.05) is 24.5 Å². The van der Waals surface area contributed by atoms with Gasteiger partial charge in [-0.05, 0) is 31.5 Å². The highest BCUT2D eigenvalue weighted by molar-refractivity contribution is 7.91. The second kappa shape index (κ2) is 7.99. The molecule has 0 radical (unpaired) electrons. The molecule has 1 N–H and O–H groups in total. The van der Waals surface area contributed by atoms with Gasteiger partial charge in [0.05, 0.1) is 0 Å². The van der Waals surface area contributed by atoms with E-state index in [1.807, 2.05) is 19.9 Å². The summed E-state index contributed by atoms with van der Waals surface area (Å²) in [6, 6.07) is 3.63. The van der Waals surface area contributed by atoms with E-state index < -0.39 is 10.0 Å². The molecule has 0 unspecified atom stereocenters. The fourth-order valence-corrected chi connectivity index (χ4v) is 4.83. The lowest BCUT2D eigenvalue weighted by Gasteiger charge is -2.18. The Bertz CT molecular complexity index is 469. The molecule has 0 saturated carbocycles. The third-order valence-corrected chi connectivity index (χ3v) is 6.31. The van der Waals surface area contributed by atoms with E-state index in [4.69, 9.17) is 0 Å². The molecule has 4 nitrogen and oxygen atoms in total. The van der Waals surface area contributed by atoms with Crippen molar-refractivity contribution in [1.29, 1.82) is 0 Å². The minimum Gasteiger partial charge on any atom is -0.312 e. The molecule has 0 aliphatic carbocycles. The summed E-state index contributed by atoms with van der Waals surface area (Å²) in [6.45, 7) is 8.79. The molecule has 1 heterocycles. The molecule has 110 valence electrons. The first-order chi connectivity index (χ1) is 9.06. The number of hydrogen-bond acceptors (Lipinski definition) is 4. The monoisotopic (exact) mass is 304 g/mol. The van der Waals surface area contributed by atoms with Gasteiger partial charge >= 0.3 is 0 Å². The van der Waals surface area contributed by atoms with Crippen LogP contribution in [0.4, 0.5) is 0 Å². The number of nitrogens with one attached hydrogen (secondary N) is 1. The van der Waals surface area contributed by atoms with Gasteiger partial charge in [0.15, 0.2) is 0 Å². The normalized spacial score (nSPS) is 12.2. The predicted molar refractivity (Wildman–Crippen MR) is 81.0 cm³/mol. The Morgan fingerprint density at radius 2 is 1.95 bits per heavy atom. The van der Waals surface area contributed by atoms with E-state index in [0.29, 0.717) is 17.3 Å². The average Bonchev–Trinajstić information content (AvgIpc) is 2.85. The number of rotatable bonds is 9. The molecule has 1 rings (SSSR count). The number of thiophene rings is 1. The Labute approximate surface area is 120 Å². The van der Waals surface area contributed by atoms with E-state index in [9.17, 15) is 8.42 Å². The van der Waals surface area contributed by atoms with Crippen molar-refractivity contribution in [2.45, 2.75) is 44.4 Å². The standard InChI is InChI=1S/C13H24N2O2S2/c1-4-9-14-11-12-7-8-13(18-12)19(16,17)15(6-3)10-5-2/h7-8,14H,4-6,9-11H2,1-3H3. The van der Waals surface area contributed by atoms with Crippen molar-refractivity contribution in [2.75, 3.05) is 19.6 Å². The topological polar surface area (TPSA) is 49.4 Å². The average molecular weight is 304 g/mol. The minimum absolute atomic E-state index is 0.455. The molecule has 0 aliphatic heterocycles. The van der Waals surface area contributed by atoms with Gasteiger partial charge in [-0.15, -0.1) is 11.3 Å². The highest BCUT2D eigenvalue weighted by Gasteiger charge is 2.23. The smallest absolute Gasteiger partial charge is 0.252 e. The maximum atomic E-state index is 12.4. The molecule has 0 fully saturated rings. The molecule has 0 atom stereocenters. The van der Waals surface area contributed by atoms with Crippen molar-refractivity contribution in [3.05, 3.63) is 17.0 Å². The molecule has 6 heteroatoms. The van der Waals surface area contributed by atoms with Crippen LogP contribution >= 0.6 is 11.3 Å². The quantitative estimate of drug-likeness (QED) is 0.714. The van der Waals surface area contributed by atoms with Gasteiger partial charge in [-0.2, -0.15) is 4.31 Å². The fraction of sp³-hybridized carbons (Fsp3) is 0.692. The SMILES string of the molecule is CCCNCc1ccc(S(=O)(=O)N(CC)CCC)s1.